The Kier molecular flexibility index (Phi) is 4.70. The highest BCUT2D eigenvalue weighted by molar-refractivity contribution is 5.21. The lowest BCUT2D eigenvalue weighted by molar-refractivity contribution is 0.0918. The lowest BCUT2D eigenvalue weighted by Crippen LogP contribution is -2.43. The van der Waals surface area contributed by atoms with E-state index in [-0.39, 0.29) is 12.1 Å². The standard InChI is InChI=1S/C12H20N4O/c17-11-5-2-1-4-10(11)13-8-9-16-12-14-6-3-7-15-12/h3,6-7,10-11,13,17H,1-2,4-5,8-9H2,(H,14,15,16)/t10-,11-/m0/s1. The minimum atomic E-state index is -0.184. The average molecular weight is 236 g/mol. The molecular weight excluding hydrogens is 216 g/mol. The summed E-state index contributed by atoms with van der Waals surface area (Å²) in [6.07, 6.45) is 7.60. The number of nitrogens with one attached hydrogen (secondary N) is 2. The molecule has 0 amide bonds. The van der Waals surface area contributed by atoms with Crippen molar-refractivity contribution in [2.24, 2.45) is 0 Å². The molecule has 0 radical (unpaired) electrons. The van der Waals surface area contributed by atoms with E-state index in [4.69, 9.17) is 0 Å². The molecule has 1 aromatic rings. The van der Waals surface area contributed by atoms with Gasteiger partial charge in [-0.3, -0.25) is 0 Å². The van der Waals surface area contributed by atoms with Gasteiger partial charge in [0.25, 0.3) is 0 Å². The maximum absolute atomic E-state index is 9.78. The molecule has 1 heterocycles. The quantitative estimate of drug-likeness (QED) is 0.659. The molecule has 5 nitrogen and oxygen atoms in total. The van der Waals surface area contributed by atoms with Gasteiger partial charge >= 0.3 is 0 Å². The van der Waals surface area contributed by atoms with Crippen molar-refractivity contribution in [3.63, 3.8) is 0 Å². The van der Waals surface area contributed by atoms with Crippen LogP contribution in [0.1, 0.15) is 25.7 Å². The first-order chi connectivity index (χ1) is 8.36. The third kappa shape index (κ3) is 3.94. The fourth-order valence-electron chi connectivity index (χ4n) is 2.17. The number of aliphatic hydroxyl groups is 1. The zero-order chi connectivity index (χ0) is 11.9. The summed E-state index contributed by atoms with van der Waals surface area (Å²) in [5.74, 6) is 0.651. The molecule has 0 aliphatic heterocycles. The summed E-state index contributed by atoms with van der Waals surface area (Å²) >= 11 is 0. The van der Waals surface area contributed by atoms with Crippen LogP contribution >= 0.6 is 0 Å². The van der Waals surface area contributed by atoms with Crippen molar-refractivity contribution in [3.05, 3.63) is 18.5 Å². The minimum absolute atomic E-state index is 0.184. The van der Waals surface area contributed by atoms with Crippen LogP contribution in [0.25, 0.3) is 0 Å². The van der Waals surface area contributed by atoms with Crippen molar-refractivity contribution in [3.8, 4) is 0 Å². The molecule has 0 aromatic carbocycles. The summed E-state index contributed by atoms with van der Waals surface area (Å²) in [4.78, 5) is 8.16. The van der Waals surface area contributed by atoms with Crippen LogP contribution in [0.3, 0.4) is 0 Å². The topological polar surface area (TPSA) is 70.1 Å². The molecule has 0 bridgehead atoms. The second-order valence-corrected chi connectivity index (χ2v) is 4.41. The average Bonchev–Trinajstić information content (AvgIpc) is 2.38. The van der Waals surface area contributed by atoms with Gasteiger partial charge in [-0.25, -0.2) is 9.97 Å². The van der Waals surface area contributed by atoms with Crippen molar-refractivity contribution >= 4 is 5.95 Å². The summed E-state index contributed by atoms with van der Waals surface area (Å²) in [5.41, 5.74) is 0. The van der Waals surface area contributed by atoms with Gasteiger partial charge in [-0.05, 0) is 18.9 Å². The molecule has 5 heteroatoms. The minimum Gasteiger partial charge on any atom is -0.392 e. The lowest BCUT2D eigenvalue weighted by atomic mass is 9.93. The van der Waals surface area contributed by atoms with Crippen molar-refractivity contribution in [2.45, 2.75) is 37.8 Å². The molecule has 0 saturated heterocycles. The van der Waals surface area contributed by atoms with Gasteiger partial charge in [0.05, 0.1) is 6.10 Å². The first kappa shape index (κ1) is 12.3. The van der Waals surface area contributed by atoms with Crippen molar-refractivity contribution < 1.29 is 5.11 Å². The van der Waals surface area contributed by atoms with Crippen LogP contribution in [0.4, 0.5) is 5.95 Å². The fraction of sp³-hybridized carbons (Fsp3) is 0.667. The second-order valence-electron chi connectivity index (χ2n) is 4.41. The molecule has 1 fully saturated rings. The Hall–Kier alpha value is -1.20. The molecule has 1 saturated carbocycles. The number of nitrogens with zero attached hydrogens (tertiary/aromatic N) is 2. The van der Waals surface area contributed by atoms with Crippen LogP contribution in [0.15, 0.2) is 18.5 Å². The Morgan fingerprint density at radius 1 is 1.18 bits per heavy atom. The van der Waals surface area contributed by atoms with Crippen LogP contribution in [0.2, 0.25) is 0 Å². The van der Waals surface area contributed by atoms with Gasteiger partial charge in [-0.15, -0.1) is 0 Å². The van der Waals surface area contributed by atoms with E-state index in [1.165, 1.54) is 6.42 Å². The van der Waals surface area contributed by atoms with Crippen molar-refractivity contribution in [2.75, 3.05) is 18.4 Å². The van der Waals surface area contributed by atoms with E-state index < -0.39 is 0 Å². The molecule has 94 valence electrons. The van der Waals surface area contributed by atoms with E-state index in [1.807, 2.05) is 0 Å². The van der Waals surface area contributed by atoms with Crippen molar-refractivity contribution in [1.82, 2.24) is 15.3 Å². The molecule has 2 atom stereocenters. The Bertz CT molecular complexity index is 320. The Morgan fingerprint density at radius 2 is 1.94 bits per heavy atom. The number of aromatic nitrogens is 2. The lowest BCUT2D eigenvalue weighted by Gasteiger charge is -2.28. The van der Waals surface area contributed by atoms with Crippen LogP contribution in [-0.4, -0.2) is 40.3 Å². The summed E-state index contributed by atoms with van der Waals surface area (Å²) in [5, 5.41) is 16.3. The normalized spacial score (nSPS) is 24.5. The summed E-state index contributed by atoms with van der Waals surface area (Å²) in [6, 6.07) is 2.05. The Labute approximate surface area is 102 Å². The summed E-state index contributed by atoms with van der Waals surface area (Å²) in [6.45, 7) is 1.59. The zero-order valence-corrected chi connectivity index (χ0v) is 9.97. The third-order valence-electron chi connectivity index (χ3n) is 3.11. The first-order valence-electron chi connectivity index (χ1n) is 6.28. The second kappa shape index (κ2) is 6.51. The number of aliphatic hydroxyl groups excluding tert-OH is 1. The van der Waals surface area contributed by atoms with E-state index in [0.29, 0.717) is 5.95 Å². The summed E-state index contributed by atoms with van der Waals surface area (Å²) in [7, 11) is 0. The van der Waals surface area contributed by atoms with Gasteiger partial charge in [-0.1, -0.05) is 12.8 Å². The number of rotatable bonds is 5. The molecule has 3 N–H and O–H groups in total. The van der Waals surface area contributed by atoms with Gasteiger partial charge < -0.3 is 15.7 Å². The molecule has 1 aliphatic carbocycles. The van der Waals surface area contributed by atoms with E-state index in [0.717, 1.165) is 32.4 Å². The van der Waals surface area contributed by atoms with Crippen LogP contribution in [0, 0.1) is 0 Å². The van der Waals surface area contributed by atoms with Gasteiger partial charge in [-0.2, -0.15) is 0 Å². The van der Waals surface area contributed by atoms with E-state index in [1.54, 1.807) is 18.5 Å². The van der Waals surface area contributed by atoms with E-state index in [9.17, 15) is 5.11 Å². The molecule has 1 aromatic heterocycles. The highest BCUT2D eigenvalue weighted by atomic mass is 16.3. The highest BCUT2D eigenvalue weighted by Crippen LogP contribution is 2.17. The monoisotopic (exact) mass is 236 g/mol. The highest BCUT2D eigenvalue weighted by Gasteiger charge is 2.21. The molecule has 0 unspecified atom stereocenters. The first-order valence-corrected chi connectivity index (χ1v) is 6.28. The Morgan fingerprint density at radius 3 is 2.71 bits per heavy atom. The van der Waals surface area contributed by atoms with Crippen LogP contribution in [0.5, 0.6) is 0 Å². The maximum Gasteiger partial charge on any atom is 0.222 e. The number of anilines is 1. The van der Waals surface area contributed by atoms with Crippen LogP contribution in [-0.2, 0) is 0 Å². The van der Waals surface area contributed by atoms with Gasteiger partial charge in [0, 0.05) is 31.5 Å². The zero-order valence-electron chi connectivity index (χ0n) is 9.97. The van der Waals surface area contributed by atoms with Crippen LogP contribution < -0.4 is 10.6 Å². The fourth-order valence-corrected chi connectivity index (χ4v) is 2.17. The van der Waals surface area contributed by atoms with Gasteiger partial charge in [0.15, 0.2) is 0 Å². The SMILES string of the molecule is O[C@H]1CCCC[C@@H]1NCCNc1ncccn1. The molecular formula is C12H20N4O. The number of hydrogen-bond donors (Lipinski definition) is 3. The molecule has 17 heavy (non-hydrogen) atoms. The smallest absolute Gasteiger partial charge is 0.222 e. The van der Waals surface area contributed by atoms with Crippen molar-refractivity contribution in [1.29, 1.82) is 0 Å². The van der Waals surface area contributed by atoms with Gasteiger partial charge in [0.1, 0.15) is 0 Å². The maximum atomic E-state index is 9.78. The third-order valence-corrected chi connectivity index (χ3v) is 3.11. The van der Waals surface area contributed by atoms with E-state index in [2.05, 4.69) is 20.6 Å². The largest absolute Gasteiger partial charge is 0.392 e. The molecule has 1 aliphatic rings. The van der Waals surface area contributed by atoms with E-state index >= 15 is 0 Å². The Balaban J connectivity index is 1.63. The van der Waals surface area contributed by atoms with Gasteiger partial charge in [0.2, 0.25) is 5.95 Å². The summed E-state index contributed by atoms with van der Waals surface area (Å²) < 4.78 is 0. The molecule has 0 spiro atoms. The molecule has 2 rings (SSSR count). The number of hydrogen-bond acceptors (Lipinski definition) is 5. The predicted molar refractivity (Wildman–Crippen MR) is 66.8 cm³/mol. The predicted octanol–water partition coefficient (Wildman–Crippen LogP) is 0.782.